The Morgan fingerprint density at radius 1 is 0.912 bits per heavy atom. The summed E-state index contributed by atoms with van der Waals surface area (Å²) >= 11 is 0. The van der Waals surface area contributed by atoms with E-state index in [1.54, 1.807) is 13.0 Å². The van der Waals surface area contributed by atoms with Crippen molar-refractivity contribution in [3.63, 3.8) is 0 Å². The van der Waals surface area contributed by atoms with Crippen LogP contribution in [0.3, 0.4) is 0 Å². The maximum Gasteiger partial charge on any atom is 0.344 e. The van der Waals surface area contributed by atoms with Gasteiger partial charge < -0.3 is 10.6 Å². The van der Waals surface area contributed by atoms with E-state index < -0.39 is 47.4 Å². The van der Waals surface area contributed by atoms with Gasteiger partial charge >= 0.3 is 12.1 Å². The molecule has 2 aromatic carbocycles. The first-order chi connectivity index (χ1) is 16.2. The molecule has 1 atom stereocenters. The van der Waals surface area contributed by atoms with Gasteiger partial charge in [-0.25, -0.2) is 9.59 Å². The minimum atomic E-state index is -1.35. The molecule has 0 radical (unpaired) electrons. The smallest absolute Gasteiger partial charge is 0.322 e. The Hall–Kier alpha value is -3.95. The summed E-state index contributed by atoms with van der Waals surface area (Å²) in [5.41, 5.74) is 0.512. The zero-order valence-corrected chi connectivity index (χ0v) is 18.7. The molecular formula is C24H25N5O5. The molecule has 2 saturated heterocycles. The molecule has 2 heterocycles. The number of hydrogen-bond donors (Lipinski definition) is 3. The van der Waals surface area contributed by atoms with Gasteiger partial charge in [0.1, 0.15) is 17.6 Å². The van der Waals surface area contributed by atoms with Crippen LogP contribution in [0.25, 0.3) is 10.8 Å². The molecule has 3 N–H and O–H groups in total. The van der Waals surface area contributed by atoms with Crippen LogP contribution >= 0.6 is 0 Å². The van der Waals surface area contributed by atoms with Crippen molar-refractivity contribution >= 4 is 40.6 Å². The van der Waals surface area contributed by atoms with Crippen LogP contribution in [-0.4, -0.2) is 51.8 Å². The number of fused-ring (bicyclic) bond motifs is 1. The van der Waals surface area contributed by atoms with Crippen molar-refractivity contribution in [3.8, 4) is 0 Å². The lowest BCUT2D eigenvalue weighted by Crippen LogP contribution is -2.53. The first-order valence-corrected chi connectivity index (χ1v) is 11.3. The number of nitrogens with one attached hydrogen (secondary N) is 3. The fourth-order valence-corrected chi connectivity index (χ4v) is 5.06. The summed E-state index contributed by atoms with van der Waals surface area (Å²) in [7, 11) is 0. The first kappa shape index (κ1) is 21.9. The summed E-state index contributed by atoms with van der Waals surface area (Å²) in [6.07, 6.45) is 3.63. The molecule has 10 heteroatoms. The number of rotatable bonds is 4. The molecule has 0 aromatic heterocycles. The van der Waals surface area contributed by atoms with Crippen molar-refractivity contribution in [1.29, 1.82) is 0 Å². The van der Waals surface area contributed by atoms with Crippen LogP contribution in [0, 0.1) is 0 Å². The average molecular weight is 463 g/mol. The minimum absolute atomic E-state index is 0.510. The highest BCUT2D eigenvalue weighted by atomic mass is 16.2. The van der Waals surface area contributed by atoms with Gasteiger partial charge in [-0.05, 0) is 42.2 Å². The zero-order chi connectivity index (χ0) is 24.1. The molecule has 1 aliphatic carbocycles. The van der Waals surface area contributed by atoms with Gasteiger partial charge in [-0.2, -0.15) is 5.01 Å². The quantitative estimate of drug-likeness (QED) is 0.597. The Morgan fingerprint density at radius 3 is 2.35 bits per heavy atom. The van der Waals surface area contributed by atoms with Gasteiger partial charge in [0.05, 0.1) is 0 Å². The second-order valence-corrected chi connectivity index (χ2v) is 9.26. The van der Waals surface area contributed by atoms with Crippen LogP contribution in [-0.2, 0) is 19.9 Å². The van der Waals surface area contributed by atoms with Crippen LogP contribution in [0.5, 0.6) is 0 Å². The molecule has 5 rings (SSSR count). The molecule has 0 unspecified atom stereocenters. The number of hydrogen-bond acceptors (Lipinski definition) is 5. The Bertz CT molecular complexity index is 1240. The molecule has 1 spiro atoms. The number of carbonyl (C=O) groups excluding carboxylic acids is 5. The molecule has 2 aliphatic heterocycles. The highest BCUT2D eigenvalue weighted by molar-refractivity contribution is 6.11. The Morgan fingerprint density at radius 2 is 1.62 bits per heavy atom. The van der Waals surface area contributed by atoms with E-state index in [4.69, 9.17) is 0 Å². The van der Waals surface area contributed by atoms with Crippen molar-refractivity contribution in [2.45, 2.75) is 50.1 Å². The van der Waals surface area contributed by atoms with Gasteiger partial charge in [-0.15, -0.1) is 0 Å². The number of urea groups is 2. The molecule has 3 aliphatic rings. The maximum absolute atomic E-state index is 13.2. The first-order valence-electron chi connectivity index (χ1n) is 11.3. The average Bonchev–Trinajstić information content (AvgIpc) is 3.18. The summed E-state index contributed by atoms with van der Waals surface area (Å²) in [5.74, 6) is -1.92. The van der Waals surface area contributed by atoms with E-state index in [0.717, 1.165) is 34.9 Å². The van der Waals surface area contributed by atoms with Crippen LogP contribution < -0.4 is 16.1 Å². The number of hydrazine groups is 1. The van der Waals surface area contributed by atoms with E-state index in [0.29, 0.717) is 23.4 Å². The van der Waals surface area contributed by atoms with Crippen LogP contribution in [0.15, 0.2) is 42.5 Å². The predicted octanol–water partition coefficient (Wildman–Crippen LogP) is 1.89. The number of carbonyl (C=O) groups is 5. The minimum Gasteiger partial charge on any atom is -0.322 e. The Balaban J connectivity index is 1.30. The largest absolute Gasteiger partial charge is 0.344 e. The molecular weight excluding hydrogens is 438 g/mol. The second-order valence-electron chi connectivity index (χ2n) is 9.26. The monoisotopic (exact) mass is 463 g/mol. The van der Waals surface area contributed by atoms with Gasteiger partial charge in [0.15, 0.2) is 0 Å². The second kappa shape index (κ2) is 7.82. The topological polar surface area (TPSA) is 128 Å². The molecule has 2 aromatic rings. The molecule has 10 nitrogen and oxygen atoms in total. The van der Waals surface area contributed by atoms with E-state index in [-0.39, 0.29) is 0 Å². The van der Waals surface area contributed by atoms with Crippen molar-refractivity contribution in [2.75, 3.05) is 6.54 Å². The third-order valence-electron chi connectivity index (χ3n) is 7.01. The zero-order valence-electron chi connectivity index (χ0n) is 18.7. The number of imide groups is 2. The number of amides is 7. The van der Waals surface area contributed by atoms with Crippen LogP contribution in [0.4, 0.5) is 9.59 Å². The summed E-state index contributed by atoms with van der Waals surface area (Å²) < 4.78 is 0. The number of benzene rings is 2. The third kappa shape index (κ3) is 3.37. The SMILES string of the molecule is C[C@@]1(c2ccc3ccccc3c2)NC(=O)N(CC(=O)NN2C(=O)NC3(CCCCC3)C2=O)C1=O. The summed E-state index contributed by atoms with van der Waals surface area (Å²) in [6, 6.07) is 11.7. The van der Waals surface area contributed by atoms with Crippen LogP contribution in [0.1, 0.15) is 44.6 Å². The lowest BCUT2D eigenvalue weighted by molar-refractivity contribution is -0.141. The summed E-state index contributed by atoms with van der Waals surface area (Å²) in [6.45, 7) is 0.956. The van der Waals surface area contributed by atoms with Gasteiger partial charge in [-0.1, -0.05) is 55.7 Å². The van der Waals surface area contributed by atoms with Crippen molar-refractivity contribution in [2.24, 2.45) is 0 Å². The van der Waals surface area contributed by atoms with E-state index in [2.05, 4.69) is 16.1 Å². The fraction of sp³-hybridized carbons (Fsp3) is 0.375. The Kier molecular flexibility index (Phi) is 5.03. The predicted molar refractivity (Wildman–Crippen MR) is 121 cm³/mol. The van der Waals surface area contributed by atoms with Gasteiger partial charge in [-0.3, -0.25) is 24.7 Å². The van der Waals surface area contributed by atoms with Gasteiger partial charge in [0.25, 0.3) is 17.7 Å². The van der Waals surface area contributed by atoms with E-state index in [9.17, 15) is 24.0 Å². The van der Waals surface area contributed by atoms with Crippen molar-refractivity contribution in [3.05, 3.63) is 48.0 Å². The Labute approximate surface area is 195 Å². The van der Waals surface area contributed by atoms with Crippen molar-refractivity contribution < 1.29 is 24.0 Å². The molecule has 34 heavy (non-hydrogen) atoms. The third-order valence-corrected chi connectivity index (χ3v) is 7.01. The van der Waals surface area contributed by atoms with E-state index >= 15 is 0 Å². The molecule has 7 amide bonds. The molecule has 176 valence electrons. The van der Waals surface area contributed by atoms with Gasteiger partial charge in [0, 0.05) is 0 Å². The summed E-state index contributed by atoms with van der Waals surface area (Å²) in [5, 5.41) is 7.94. The van der Waals surface area contributed by atoms with E-state index in [1.165, 1.54) is 0 Å². The lowest BCUT2D eigenvalue weighted by Gasteiger charge is -2.30. The number of nitrogens with zero attached hydrogens (tertiary/aromatic N) is 2. The van der Waals surface area contributed by atoms with E-state index in [1.807, 2.05) is 36.4 Å². The van der Waals surface area contributed by atoms with Crippen molar-refractivity contribution in [1.82, 2.24) is 26.0 Å². The lowest BCUT2D eigenvalue weighted by atomic mass is 9.82. The highest BCUT2D eigenvalue weighted by Crippen LogP contribution is 2.33. The normalized spacial score (nSPS) is 24.0. The van der Waals surface area contributed by atoms with Gasteiger partial charge in [0.2, 0.25) is 0 Å². The highest BCUT2D eigenvalue weighted by Gasteiger charge is 2.53. The standard InChI is InChI=1S/C24H25N5O5/c1-23(17-10-9-15-7-3-4-8-16(15)13-17)19(31)28(21(33)25-23)14-18(30)27-29-20(32)24(26-22(29)34)11-5-2-6-12-24/h3-4,7-10,13H,2,5-6,11-12,14H2,1H3,(H,25,33)(H,26,34)(H,27,30)/t23-/m0/s1. The molecule has 1 saturated carbocycles. The summed E-state index contributed by atoms with van der Waals surface area (Å²) in [4.78, 5) is 64.5. The maximum atomic E-state index is 13.2. The molecule has 3 fully saturated rings. The molecule has 0 bridgehead atoms. The van der Waals surface area contributed by atoms with Crippen LogP contribution in [0.2, 0.25) is 0 Å². The fourth-order valence-electron chi connectivity index (χ4n) is 5.06.